The lowest BCUT2D eigenvalue weighted by Gasteiger charge is -2.32. The summed E-state index contributed by atoms with van der Waals surface area (Å²) in [6, 6.07) is 1.31. The number of hydrogen-bond acceptors (Lipinski definition) is 4. The Balaban J connectivity index is 2.37. The molecule has 0 saturated carbocycles. The minimum absolute atomic E-state index is 0.557. The van der Waals surface area contributed by atoms with Crippen molar-refractivity contribution in [1.82, 2.24) is 9.80 Å². The van der Waals surface area contributed by atoms with Crippen LogP contribution in [0.3, 0.4) is 0 Å². The molecule has 0 aliphatic carbocycles. The molecule has 2 N–H and O–H groups in total. The second-order valence-corrected chi connectivity index (χ2v) is 6.02. The third-order valence-corrected chi connectivity index (χ3v) is 4.60. The molecule has 0 aromatic rings. The topological polar surface area (TPSA) is 32.5 Å². The summed E-state index contributed by atoms with van der Waals surface area (Å²) in [5, 5.41) is 0. The van der Waals surface area contributed by atoms with Gasteiger partial charge in [-0.3, -0.25) is 4.90 Å². The first-order valence-electron chi connectivity index (χ1n) is 6.86. The van der Waals surface area contributed by atoms with Gasteiger partial charge in [0.2, 0.25) is 0 Å². The van der Waals surface area contributed by atoms with E-state index in [-0.39, 0.29) is 0 Å². The van der Waals surface area contributed by atoms with Gasteiger partial charge in [0.15, 0.2) is 0 Å². The molecule has 0 aromatic heterocycles. The van der Waals surface area contributed by atoms with Crippen LogP contribution in [-0.2, 0) is 0 Å². The summed E-state index contributed by atoms with van der Waals surface area (Å²) in [6.45, 7) is 6.72. The summed E-state index contributed by atoms with van der Waals surface area (Å²) in [6.07, 6.45) is 6.11. The fraction of sp³-hybridized carbons (Fsp3) is 1.00. The van der Waals surface area contributed by atoms with Gasteiger partial charge in [0.1, 0.15) is 0 Å². The third-order valence-electron chi connectivity index (χ3n) is 3.95. The number of thioether (sulfide) groups is 1. The molecular weight excluding hydrogens is 230 g/mol. The van der Waals surface area contributed by atoms with Crippen LogP contribution in [0.4, 0.5) is 0 Å². The van der Waals surface area contributed by atoms with Crippen LogP contribution < -0.4 is 5.73 Å². The zero-order chi connectivity index (χ0) is 12.7. The minimum atomic E-state index is 0.557. The molecule has 4 heteroatoms. The zero-order valence-corrected chi connectivity index (χ0v) is 12.5. The Morgan fingerprint density at radius 2 is 2.29 bits per heavy atom. The molecule has 102 valence electrons. The van der Waals surface area contributed by atoms with E-state index in [0.29, 0.717) is 6.04 Å². The Kier molecular flexibility index (Phi) is 7.51. The minimum Gasteiger partial charge on any atom is -0.329 e. The van der Waals surface area contributed by atoms with Crippen molar-refractivity contribution < 1.29 is 0 Å². The molecule has 3 nitrogen and oxygen atoms in total. The SMILES string of the molecule is CCN1CCCC1CN(C)C(CN)CCSC. The van der Waals surface area contributed by atoms with Gasteiger partial charge in [0.25, 0.3) is 0 Å². The van der Waals surface area contributed by atoms with E-state index in [1.54, 1.807) is 0 Å². The van der Waals surface area contributed by atoms with Crippen LogP contribution in [0, 0.1) is 0 Å². The maximum atomic E-state index is 5.89. The van der Waals surface area contributed by atoms with Crippen LogP contribution in [-0.4, -0.2) is 67.1 Å². The highest BCUT2D eigenvalue weighted by Gasteiger charge is 2.25. The number of hydrogen-bond donors (Lipinski definition) is 1. The van der Waals surface area contributed by atoms with Gasteiger partial charge in [0.05, 0.1) is 0 Å². The highest BCUT2D eigenvalue weighted by atomic mass is 32.2. The van der Waals surface area contributed by atoms with Gasteiger partial charge in [-0.2, -0.15) is 11.8 Å². The Morgan fingerprint density at radius 3 is 2.88 bits per heavy atom. The maximum absolute atomic E-state index is 5.89. The summed E-state index contributed by atoms with van der Waals surface area (Å²) in [4.78, 5) is 5.09. The molecule has 0 bridgehead atoms. The van der Waals surface area contributed by atoms with Gasteiger partial charge >= 0.3 is 0 Å². The van der Waals surface area contributed by atoms with Crippen molar-refractivity contribution in [2.45, 2.75) is 38.3 Å². The molecule has 2 unspecified atom stereocenters. The Morgan fingerprint density at radius 1 is 1.53 bits per heavy atom. The fourth-order valence-corrected chi connectivity index (χ4v) is 3.28. The first kappa shape index (κ1) is 15.3. The van der Waals surface area contributed by atoms with Crippen molar-refractivity contribution in [1.29, 1.82) is 0 Å². The second-order valence-electron chi connectivity index (χ2n) is 5.04. The lowest BCUT2D eigenvalue weighted by Crippen LogP contribution is -2.45. The van der Waals surface area contributed by atoms with Crippen LogP contribution >= 0.6 is 11.8 Å². The van der Waals surface area contributed by atoms with Gasteiger partial charge in [-0.1, -0.05) is 6.92 Å². The lowest BCUT2D eigenvalue weighted by molar-refractivity contribution is 0.163. The molecule has 0 amide bonds. The number of nitrogens with two attached hydrogens (primary N) is 1. The molecule has 1 aliphatic rings. The molecule has 1 fully saturated rings. The van der Waals surface area contributed by atoms with E-state index in [0.717, 1.165) is 12.6 Å². The van der Waals surface area contributed by atoms with E-state index in [1.807, 2.05) is 11.8 Å². The van der Waals surface area contributed by atoms with Crippen molar-refractivity contribution in [2.75, 3.05) is 45.2 Å². The van der Waals surface area contributed by atoms with Gasteiger partial charge in [-0.15, -0.1) is 0 Å². The molecule has 1 rings (SSSR count). The first-order chi connectivity index (χ1) is 8.22. The molecule has 1 saturated heterocycles. The average molecular weight is 259 g/mol. The van der Waals surface area contributed by atoms with Crippen LogP contribution in [0.5, 0.6) is 0 Å². The van der Waals surface area contributed by atoms with Crippen molar-refractivity contribution >= 4 is 11.8 Å². The zero-order valence-electron chi connectivity index (χ0n) is 11.7. The van der Waals surface area contributed by atoms with Gasteiger partial charge in [-0.05, 0) is 51.4 Å². The summed E-state index contributed by atoms with van der Waals surface area (Å²) in [5.41, 5.74) is 5.89. The quantitative estimate of drug-likeness (QED) is 0.716. The molecule has 1 aliphatic heterocycles. The highest BCUT2D eigenvalue weighted by molar-refractivity contribution is 7.98. The lowest BCUT2D eigenvalue weighted by atomic mass is 10.1. The predicted molar refractivity (Wildman–Crippen MR) is 78.7 cm³/mol. The van der Waals surface area contributed by atoms with Gasteiger partial charge < -0.3 is 10.6 Å². The van der Waals surface area contributed by atoms with E-state index in [4.69, 9.17) is 5.73 Å². The standard InChI is InChI=1S/C13H29N3S/c1-4-16-8-5-6-13(16)11-15(2)12(10-14)7-9-17-3/h12-13H,4-11,14H2,1-3H3. The normalized spacial score (nSPS) is 23.5. The van der Waals surface area contributed by atoms with E-state index >= 15 is 0 Å². The Bertz CT molecular complexity index is 201. The van der Waals surface area contributed by atoms with Crippen LogP contribution in [0.2, 0.25) is 0 Å². The number of likely N-dealkylation sites (N-methyl/N-ethyl adjacent to an activating group) is 2. The summed E-state index contributed by atoms with van der Waals surface area (Å²) < 4.78 is 0. The second kappa shape index (κ2) is 8.35. The van der Waals surface area contributed by atoms with Crippen LogP contribution in [0.15, 0.2) is 0 Å². The van der Waals surface area contributed by atoms with Gasteiger partial charge in [0, 0.05) is 25.2 Å². The summed E-state index contributed by atoms with van der Waals surface area (Å²) >= 11 is 1.92. The molecule has 2 atom stereocenters. The molecule has 17 heavy (non-hydrogen) atoms. The Labute approximate surface area is 111 Å². The van der Waals surface area contributed by atoms with E-state index in [1.165, 1.54) is 44.6 Å². The molecule has 0 spiro atoms. The molecule has 0 radical (unpaired) electrons. The van der Waals surface area contributed by atoms with E-state index in [2.05, 4.69) is 30.0 Å². The van der Waals surface area contributed by atoms with E-state index in [9.17, 15) is 0 Å². The van der Waals surface area contributed by atoms with E-state index < -0.39 is 0 Å². The number of nitrogens with zero attached hydrogens (tertiary/aromatic N) is 2. The van der Waals surface area contributed by atoms with Crippen molar-refractivity contribution in [3.05, 3.63) is 0 Å². The number of rotatable bonds is 8. The highest BCUT2D eigenvalue weighted by Crippen LogP contribution is 2.18. The Hall–Kier alpha value is 0.230. The number of likely N-dealkylation sites (tertiary alicyclic amines) is 1. The van der Waals surface area contributed by atoms with Crippen molar-refractivity contribution in [2.24, 2.45) is 5.73 Å². The van der Waals surface area contributed by atoms with Crippen molar-refractivity contribution in [3.63, 3.8) is 0 Å². The monoisotopic (exact) mass is 259 g/mol. The van der Waals surface area contributed by atoms with Crippen LogP contribution in [0.25, 0.3) is 0 Å². The smallest absolute Gasteiger partial charge is 0.0223 e. The van der Waals surface area contributed by atoms with Crippen molar-refractivity contribution in [3.8, 4) is 0 Å². The average Bonchev–Trinajstić information content (AvgIpc) is 2.77. The third kappa shape index (κ3) is 4.78. The molecule has 0 aromatic carbocycles. The molecule has 1 heterocycles. The summed E-state index contributed by atoms with van der Waals surface area (Å²) in [7, 11) is 2.24. The van der Waals surface area contributed by atoms with Gasteiger partial charge in [-0.25, -0.2) is 0 Å². The molecular formula is C13H29N3S. The fourth-order valence-electron chi connectivity index (χ4n) is 2.77. The maximum Gasteiger partial charge on any atom is 0.0223 e. The summed E-state index contributed by atoms with van der Waals surface area (Å²) in [5.74, 6) is 1.22. The van der Waals surface area contributed by atoms with Crippen LogP contribution in [0.1, 0.15) is 26.2 Å². The first-order valence-corrected chi connectivity index (χ1v) is 8.25. The predicted octanol–water partition coefficient (Wildman–Crippen LogP) is 1.48. The largest absolute Gasteiger partial charge is 0.329 e.